The Labute approximate surface area is 134 Å². The highest BCUT2D eigenvalue weighted by Crippen LogP contribution is 2.32. The lowest BCUT2D eigenvalue weighted by atomic mass is 10.1. The van der Waals surface area contributed by atoms with Crippen LogP contribution in [0.2, 0.25) is 0 Å². The van der Waals surface area contributed by atoms with Crippen molar-refractivity contribution in [3.63, 3.8) is 0 Å². The predicted molar refractivity (Wildman–Crippen MR) is 91.0 cm³/mol. The lowest BCUT2D eigenvalue weighted by molar-refractivity contribution is 0.462. The number of phenolic OH excluding ortho intramolecular Hbond substituents is 1. The van der Waals surface area contributed by atoms with Crippen molar-refractivity contribution in [3.05, 3.63) is 57.6 Å². The highest BCUT2D eigenvalue weighted by atomic mass is 79.9. The Morgan fingerprint density at radius 1 is 1.19 bits per heavy atom. The maximum absolute atomic E-state index is 10.3. The Morgan fingerprint density at radius 2 is 2.00 bits per heavy atom. The van der Waals surface area contributed by atoms with Gasteiger partial charge in [0.25, 0.3) is 0 Å². The Kier molecular flexibility index (Phi) is 4.20. The van der Waals surface area contributed by atoms with Crippen LogP contribution in [0.3, 0.4) is 0 Å². The summed E-state index contributed by atoms with van der Waals surface area (Å²) in [7, 11) is 0. The molecular formula is C18H20BrNO. The molecule has 0 spiro atoms. The van der Waals surface area contributed by atoms with Crippen molar-refractivity contribution >= 4 is 21.6 Å². The number of phenols is 1. The molecule has 0 aliphatic carbocycles. The molecule has 0 radical (unpaired) electrons. The van der Waals surface area contributed by atoms with E-state index in [1.807, 2.05) is 19.1 Å². The first-order valence-corrected chi connectivity index (χ1v) is 8.25. The van der Waals surface area contributed by atoms with E-state index >= 15 is 0 Å². The van der Waals surface area contributed by atoms with Crippen LogP contribution in [0.4, 0.5) is 5.69 Å². The quantitative estimate of drug-likeness (QED) is 0.844. The zero-order valence-corrected chi connectivity index (χ0v) is 13.9. The van der Waals surface area contributed by atoms with Gasteiger partial charge in [-0.15, -0.1) is 0 Å². The van der Waals surface area contributed by atoms with Crippen molar-refractivity contribution in [2.45, 2.75) is 32.7 Å². The largest absolute Gasteiger partial charge is 0.507 e. The molecule has 2 aromatic rings. The fraction of sp³-hybridized carbons (Fsp3) is 0.333. The Morgan fingerprint density at radius 3 is 2.86 bits per heavy atom. The Hall–Kier alpha value is -1.48. The minimum absolute atomic E-state index is 0.417. The van der Waals surface area contributed by atoms with E-state index in [4.69, 9.17) is 0 Å². The summed E-state index contributed by atoms with van der Waals surface area (Å²) < 4.78 is 1.02. The summed E-state index contributed by atoms with van der Waals surface area (Å²) >= 11 is 3.53. The van der Waals surface area contributed by atoms with Crippen LogP contribution < -0.4 is 4.90 Å². The van der Waals surface area contributed by atoms with Gasteiger partial charge >= 0.3 is 0 Å². The van der Waals surface area contributed by atoms with Gasteiger partial charge in [-0.1, -0.05) is 34.1 Å². The van der Waals surface area contributed by atoms with Crippen LogP contribution >= 0.6 is 15.9 Å². The molecule has 0 aromatic heterocycles. The average Bonchev–Trinajstić information content (AvgIpc) is 2.67. The second-order valence-corrected chi connectivity index (χ2v) is 6.65. The highest BCUT2D eigenvalue weighted by molar-refractivity contribution is 9.10. The van der Waals surface area contributed by atoms with E-state index in [9.17, 15) is 5.11 Å². The first-order chi connectivity index (χ1) is 10.1. The molecule has 0 fully saturated rings. The van der Waals surface area contributed by atoms with Gasteiger partial charge in [-0.25, -0.2) is 0 Å². The van der Waals surface area contributed by atoms with Gasteiger partial charge in [0.1, 0.15) is 5.75 Å². The molecular weight excluding hydrogens is 326 g/mol. The van der Waals surface area contributed by atoms with E-state index in [0.29, 0.717) is 5.75 Å². The highest BCUT2D eigenvalue weighted by Gasteiger charge is 2.17. The number of fused-ring (bicyclic) bond motifs is 1. The molecule has 0 amide bonds. The van der Waals surface area contributed by atoms with E-state index in [2.05, 4.69) is 45.1 Å². The molecule has 0 unspecified atom stereocenters. The van der Waals surface area contributed by atoms with Crippen LogP contribution in [0, 0.1) is 6.92 Å². The zero-order valence-electron chi connectivity index (χ0n) is 12.3. The van der Waals surface area contributed by atoms with Crippen molar-refractivity contribution in [3.8, 4) is 5.75 Å². The number of para-hydroxylation sites is 1. The molecule has 0 bridgehead atoms. The maximum Gasteiger partial charge on any atom is 0.123 e. The summed E-state index contributed by atoms with van der Waals surface area (Å²) in [6, 6.07) is 12.6. The Balaban J connectivity index is 1.95. The molecule has 110 valence electrons. The molecule has 1 heterocycles. The van der Waals surface area contributed by atoms with Crippen LogP contribution in [-0.4, -0.2) is 11.7 Å². The maximum atomic E-state index is 10.3. The third kappa shape index (κ3) is 3.08. The van der Waals surface area contributed by atoms with Gasteiger partial charge in [0, 0.05) is 28.8 Å². The van der Waals surface area contributed by atoms with Gasteiger partial charge < -0.3 is 10.0 Å². The van der Waals surface area contributed by atoms with Crippen molar-refractivity contribution < 1.29 is 5.11 Å². The van der Waals surface area contributed by atoms with Crippen molar-refractivity contribution in [1.29, 1.82) is 0 Å². The standard InChI is InChI=1S/C18H20BrNO/c1-13-10-16(19)11-15(18(13)21)12-20-9-5-4-7-14-6-2-3-8-17(14)20/h2-3,6,8,10-11,21H,4-5,7,9,12H2,1H3. The van der Waals surface area contributed by atoms with E-state index in [-0.39, 0.29) is 0 Å². The number of aromatic hydroxyl groups is 1. The number of halogens is 1. The van der Waals surface area contributed by atoms with E-state index in [1.165, 1.54) is 24.1 Å². The van der Waals surface area contributed by atoms with E-state index in [1.54, 1.807) is 0 Å². The number of rotatable bonds is 2. The first-order valence-electron chi connectivity index (χ1n) is 7.46. The van der Waals surface area contributed by atoms with Crippen molar-refractivity contribution in [2.24, 2.45) is 0 Å². The van der Waals surface area contributed by atoms with Crippen LogP contribution in [0.15, 0.2) is 40.9 Å². The van der Waals surface area contributed by atoms with Gasteiger partial charge in [-0.05, 0) is 55.5 Å². The van der Waals surface area contributed by atoms with Gasteiger partial charge in [0.15, 0.2) is 0 Å². The van der Waals surface area contributed by atoms with E-state index in [0.717, 1.165) is 35.1 Å². The number of nitrogens with zero attached hydrogens (tertiary/aromatic N) is 1. The van der Waals surface area contributed by atoms with E-state index < -0.39 is 0 Å². The molecule has 0 atom stereocenters. The van der Waals surface area contributed by atoms with Crippen LogP contribution in [0.5, 0.6) is 5.75 Å². The molecule has 0 saturated carbocycles. The third-order valence-electron chi connectivity index (χ3n) is 4.16. The number of hydrogen-bond donors (Lipinski definition) is 1. The monoisotopic (exact) mass is 345 g/mol. The number of anilines is 1. The fourth-order valence-electron chi connectivity index (χ4n) is 3.06. The van der Waals surface area contributed by atoms with Gasteiger partial charge in [-0.2, -0.15) is 0 Å². The SMILES string of the molecule is Cc1cc(Br)cc(CN2CCCCc3ccccc32)c1O. The third-order valence-corrected chi connectivity index (χ3v) is 4.62. The molecule has 1 aliphatic heterocycles. The van der Waals surface area contributed by atoms with Gasteiger partial charge in [0.2, 0.25) is 0 Å². The number of aryl methyl sites for hydroxylation is 2. The van der Waals surface area contributed by atoms with Crippen LogP contribution in [0.25, 0.3) is 0 Å². The lowest BCUT2D eigenvalue weighted by Gasteiger charge is -2.26. The molecule has 2 nitrogen and oxygen atoms in total. The zero-order chi connectivity index (χ0) is 14.8. The second kappa shape index (κ2) is 6.10. The topological polar surface area (TPSA) is 23.5 Å². The van der Waals surface area contributed by atoms with Crippen LogP contribution in [-0.2, 0) is 13.0 Å². The summed E-state index contributed by atoms with van der Waals surface area (Å²) in [6.07, 6.45) is 3.58. The summed E-state index contributed by atoms with van der Waals surface area (Å²) in [5.41, 5.74) is 4.63. The molecule has 2 aromatic carbocycles. The molecule has 3 heteroatoms. The predicted octanol–water partition coefficient (Wildman–Crippen LogP) is 4.81. The first kappa shape index (κ1) is 14.5. The lowest BCUT2D eigenvalue weighted by Crippen LogP contribution is -2.23. The van der Waals surface area contributed by atoms with Gasteiger partial charge in [0.05, 0.1) is 0 Å². The normalized spacial score (nSPS) is 14.7. The molecule has 1 aliphatic rings. The van der Waals surface area contributed by atoms with Gasteiger partial charge in [-0.3, -0.25) is 0 Å². The minimum atomic E-state index is 0.417. The average molecular weight is 346 g/mol. The molecule has 0 saturated heterocycles. The summed E-state index contributed by atoms with van der Waals surface area (Å²) in [6.45, 7) is 3.74. The summed E-state index contributed by atoms with van der Waals surface area (Å²) in [4.78, 5) is 2.39. The minimum Gasteiger partial charge on any atom is -0.507 e. The molecule has 1 N–H and O–H groups in total. The number of hydrogen-bond acceptors (Lipinski definition) is 2. The summed E-state index contributed by atoms with van der Waals surface area (Å²) in [5, 5.41) is 10.3. The fourth-order valence-corrected chi connectivity index (χ4v) is 3.68. The summed E-state index contributed by atoms with van der Waals surface area (Å²) in [5.74, 6) is 0.417. The number of benzene rings is 2. The molecule has 3 rings (SSSR count). The van der Waals surface area contributed by atoms with Crippen LogP contribution in [0.1, 0.15) is 29.5 Å². The smallest absolute Gasteiger partial charge is 0.123 e. The van der Waals surface area contributed by atoms with Crippen molar-refractivity contribution in [1.82, 2.24) is 0 Å². The second-order valence-electron chi connectivity index (χ2n) is 5.74. The Bertz CT molecular complexity index is 654. The van der Waals surface area contributed by atoms with Crippen molar-refractivity contribution in [2.75, 3.05) is 11.4 Å². The molecule has 21 heavy (non-hydrogen) atoms.